The Morgan fingerprint density at radius 1 is 0.929 bits per heavy atom. The monoisotopic (exact) mass is 274 g/mol. The van der Waals surface area contributed by atoms with Gasteiger partial charge in [-0.25, -0.2) is 0 Å². The lowest BCUT2D eigenvalue weighted by molar-refractivity contribution is 0.420. The Kier molecular flexibility index (Phi) is 6.31. The van der Waals surface area contributed by atoms with Gasteiger partial charge in [0.25, 0.3) is 0 Å². The molecule has 14 heavy (non-hydrogen) atoms. The number of hydrogen-bond acceptors (Lipinski definition) is 0. The van der Waals surface area contributed by atoms with Gasteiger partial charge < -0.3 is 0 Å². The first-order valence-electron chi connectivity index (χ1n) is 4.75. The van der Waals surface area contributed by atoms with Crippen molar-refractivity contribution in [1.29, 1.82) is 0 Å². The molecule has 1 saturated carbocycles. The van der Waals surface area contributed by atoms with E-state index in [1.54, 1.807) is 0 Å². The molecule has 1 aliphatic carbocycles. The third-order valence-corrected chi connectivity index (χ3v) is 4.58. The fourth-order valence-corrected chi connectivity index (χ4v) is 2.54. The Bertz CT molecular complexity index is 136. The molecule has 1 rings (SSSR count). The minimum absolute atomic E-state index is 0.0404. The highest BCUT2D eigenvalue weighted by molar-refractivity contribution is 6.28. The van der Waals surface area contributed by atoms with Gasteiger partial charge in [0.2, 0.25) is 0 Å². The maximum absolute atomic E-state index is 6.06. The predicted molar refractivity (Wildman–Crippen MR) is 65.5 cm³/mol. The van der Waals surface area contributed by atoms with Gasteiger partial charge in [-0.3, -0.25) is 0 Å². The zero-order valence-electron chi connectivity index (χ0n) is 7.80. The van der Waals surface area contributed by atoms with Crippen LogP contribution in [0.1, 0.15) is 12.8 Å². The smallest absolute Gasteiger partial charge is 0.0502 e. The zero-order valence-corrected chi connectivity index (χ0v) is 10.8. The van der Waals surface area contributed by atoms with Crippen LogP contribution in [-0.2, 0) is 0 Å². The summed E-state index contributed by atoms with van der Waals surface area (Å²) in [6.07, 6.45) is 6.39. The van der Waals surface area contributed by atoms with E-state index in [9.17, 15) is 0 Å². The topological polar surface area (TPSA) is 0 Å². The van der Waals surface area contributed by atoms with Crippen LogP contribution in [0.4, 0.5) is 0 Å². The van der Waals surface area contributed by atoms with E-state index < -0.39 is 0 Å². The molecule has 0 amide bonds. The summed E-state index contributed by atoms with van der Waals surface area (Å²) in [5.74, 6) is 1.79. The van der Waals surface area contributed by atoms with Crippen LogP contribution in [-0.4, -0.2) is 22.5 Å². The summed E-state index contributed by atoms with van der Waals surface area (Å²) in [5, 5.41) is 0.0808. The highest BCUT2D eigenvalue weighted by Gasteiger charge is 2.29. The molecule has 0 nitrogen and oxygen atoms in total. The van der Waals surface area contributed by atoms with Crippen molar-refractivity contribution in [3.63, 3.8) is 0 Å². The minimum Gasteiger partial charge on any atom is -0.125 e. The van der Waals surface area contributed by atoms with E-state index in [4.69, 9.17) is 46.4 Å². The largest absolute Gasteiger partial charge is 0.125 e. The third kappa shape index (κ3) is 3.63. The van der Waals surface area contributed by atoms with Crippen molar-refractivity contribution in [3.05, 3.63) is 12.8 Å². The SMILES string of the molecule is ClCC(Cl)C1[CH]CC(C(Cl)CCl)[CH]C1. The minimum atomic E-state index is 0.0404. The first kappa shape index (κ1) is 13.2. The lowest BCUT2D eigenvalue weighted by Gasteiger charge is -2.31. The van der Waals surface area contributed by atoms with Crippen molar-refractivity contribution in [2.24, 2.45) is 11.8 Å². The molecule has 2 radical (unpaired) electrons. The van der Waals surface area contributed by atoms with Crippen LogP contribution in [0.15, 0.2) is 0 Å². The van der Waals surface area contributed by atoms with Gasteiger partial charge in [0.1, 0.15) is 0 Å². The molecular formula is C10H14Cl4. The molecule has 1 aliphatic rings. The van der Waals surface area contributed by atoms with Gasteiger partial charge in [0, 0.05) is 11.8 Å². The molecule has 4 heteroatoms. The van der Waals surface area contributed by atoms with Gasteiger partial charge >= 0.3 is 0 Å². The van der Waals surface area contributed by atoms with E-state index in [2.05, 4.69) is 12.8 Å². The summed E-state index contributed by atoms with van der Waals surface area (Å²) in [5.41, 5.74) is 0. The second kappa shape index (κ2) is 6.68. The van der Waals surface area contributed by atoms with E-state index in [0.717, 1.165) is 12.8 Å². The second-order valence-corrected chi connectivity index (χ2v) is 5.35. The zero-order chi connectivity index (χ0) is 10.6. The normalized spacial score (nSPS) is 32.6. The molecule has 0 heterocycles. The van der Waals surface area contributed by atoms with Gasteiger partial charge in [0.15, 0.2) is 0 Å². The summed E-state index contributed by atoms with van der Waals surface area (Å²) in [7, 11) is 0. The molecular weight excluding hydrogens is 262 g/mol. The van der Waals surface area contributed by atoms with Crippen LogP contribution in [0.2, 0.25) is 0 Å². The van der Waals surface area contributed by atoms with Crippen molar-refractivity contribution >= 4 is 46.4 Å². The van der Waals surface area contributed by atoms with Gasteiger partial charge in [-0.1, -0.05) is 0 Å². The fourth-order valence-electron chi connectivity index (χ4n) is 1.68. The van der Waals surface area contributed by atoms with Crippen molar-refractivity contribution in [3.8, 4) is 0 Å². The summed E-state index contributed by atoms with van der Waals surface area (Å²) in [4.78, 5) is 0. The van der Waals surface area contributed by atoms with Crippen LogP contribution in [0.3, 0.4) is 0 Å². The molecule has 0 aromatic rings. The Labute approximate surface area is 106 Å². The van der Waals surface area contributed by atoms with E-state index in [1.807, 2.05) is 0 Å². The summed E-state index contributed by atoms with van der Waals surface area (Å²) in [6, 6.07) is 0. The molecule has 0 N–H and O–H groups in total. The number of halogens is 4. The molecule has 0 spiro atoms. The molecule has 1 fully saturated rings. The molecule has 0 saturated heterocycles. The second-order valence-electron chi connectivity index (χ2n) is 3.61. The van der Waals surface area contributed by atoms with Crippen LogP contribution in [0.5, 0.6) is 0 Å². The fraction of sp³-hybridized carbons (Fsp3) is 0.800. The van der Waals surface area contributed by atoms with Crippen LogP contribution in [0, 0.1) is 24.7 Å². The average Bonchev–Trinajstić information content (AvgIpc) is 2.27. The van der Waals surface area contributed by atoms with Crippen LogP contribution >= 0.6 is 46.4 Å². The van der Waals surface area contributed by atoms with E-state index in [1.165, 1.54) is 0 Å². The van der Waals surface area contributed by atoms with Crippen molar-refractivity contribution in [1.82, 2.24) is 0 Å². The van der Waals surface area contributed by atoms with Gasteiger partial charge in [-0.05, 0) is 37.5 Å². The van der Waals surface area contributed by atoms with Crippen molar-refractivity contribution in [2.45, 2.75) is 23.6 Å². The average molecular weight is 276 g/mol. The summed E-state index contributed by atoms with van der Waals surface area (Å²) < 4.78 is 0. The lowest BCUT2D eigenvalue weighted by Crippen LogP contribution is -2.28. The number of alkyl halides is 4. The van der Waals surface area contributed by atoms with E-state index in [-0.39, 0.29) is 10.8 Å². The molecule has 0 aromatic carbocycles. The highest BCUT2D eigenvalue weighted by atomic mass is 35.5. The molecule has 82 valence electrons. The molecule has 4 unspecified atom stereocenters. The Morgan fingerprint density at radius 2 is 1.29 bits per heavy atom. The summed E-state index contributed by atoms with van der Waals surface area (Å²) >= 11 is 23.5. The Hall–Kier alpha value is 1.16. The predicted octanol–water partition coefficient (Wildman–Crippen LogP) is 4.11. The summed E-state index contributed by atoms with van der Waals surface area (Å²) in [6.45, 7) is 0. The quantitative estimate of drug-likeness (QED) is 0.678. The van der Waals surface area contributed by atoms with Gasteiger partial charge in [-0.15, -0.1) is 46.4 Å². The van der Waals surface area contributed by atoms with Crippen molar-refractivity contribution < 1.29 is 0 Å². The standard InChI is InChI=1S/C10H14Cl4/c11-5-9(13)7-1-2-8(4-3-7)10(14)6-12/h1,4,7-10H,2-3,5-6H2. The van der Waals surface area contributed by atoms with Gasteiger partial charge in [-0.2, -0.15) is 0 Å². The first-order chi connectivity index (χ1) is 6.69. The molecule has 0 aromatic heterocycles. The van der Waals surface area contributed by atoms with Crippen LogP contribution in [0.25, 0.3) is 0 Å². The van der Waals surface area contributed by atoms with E-state index >= 15 is 0 Å². The third-order valence-electron chi connectivity index (χ3n) is 2.65. The first-order valence-corrected chi connectivity index (χ1v) is 6.70. The molecule has 0 aliphatic heterocycles. The van der Waals surface area contributed by atoms with Crippen molar-refractivity contribution in [2.75, 3.05) is 11.8 Å². The highest BCUT2D eigenvalue weighted by Crippen LogP contribution is 2.35. The maximum Gasteiger partial charge on any atom is 0.0502 e. The molecule has 0 bridgehead atoms. The Morgan fingerprint density at radius 3 is 1.50 bits per heavy atom. The molecule has 4 atom stereocenters. The number of hydrogen-bond donors (Lipinski definition) is 0. The van der Waals surface area contributed by atoms with E-state index in [0.29, 0.717) is 23.6 Å². The Balaban J connectivity index is 2.31. The lowest BCUT2D eigenvalue weighted by atomic mass is 9.79. The number of rotatable bonds is 4. The maximum atomic E-state index is 6.06. The van der Waals surface area contributed by atoms with Crippen LogP contribution < -0.4 is 0 Å². The van der Waals surface area contributed by atoms with Gasteiger partial charge in [0.05, 0.1) is 10.8 Å².